The molecule has 0 aliphatic rings. The van der Waals surface area contributed by atoms with Crippen molar-refractivity contribution in [3.8, 4) is 0 Å². The fourth-order valence-electron chi connectivity index (χ4n) is 1.97. The summed E-state index contributed by atoms with van der Waals surface area (Å²) in [7, 11) is 0. The maximum absolute atomic E-state index is 12.1. The van der Waals surface area contributed by atoms with E-state index in [9.17, 15) is 4.79 Å². The summed E-state index contributed by atoms with van der Waals surface area (Å²) in [5.74, 6) is -0.255. The molecule has 0 atom stereocenters. The monoisotopic (exact) mass is 326 g/mol. The molecular formula is C14H16Cl2N4O. The van der Waals surface area contributed by atoms with E-state index < -0.39 is 0 Å². The fraction of sp³-hybridized carbons (Fsp3) is 0.286. The van der Waals surface area contributed by atoms with Gasteiger partial charge in [-0.2, -0.15) is 5.10 Å². The smallest absolute Gasteiger partial charge is 0.246 e. The highest BCUT2D eigenvalue weighted by Crippen LogP contribution is 2.32. The van der Waals surface area contributed by atoms with E-state index >= 15 is 0 Å². The van der Waals surface area contributed by atoms with E-state index in [1.165, 1.54) is 12.1 Å². The maximum atomic E-state index is 12.1. The average molecular weight is 327 g/mol. The average Bonchev–Trinajstić information content (AvgIpc) is 2.61. The van der Waals surface area contributed by atoms with Gasteiger partial charge in [-0.05, 0) is 38.5 Å². The third kappa shape index (κ3) is 3.31. The summed E-state index contributed by atoms with van der Waals surface area (Å²) in [5.41, 5.74) is 9.36. The normalized spacial score (nSPS) is 10.7. The summed E-state index contributed by atoms with van der Waals surface area (Å²) in [5, 5.41) is 7.62. The number of carbonyl (C=O) groups excluding carboxylic acids is 1. The molecule has 1 aromatic heterocycles. The van der Waals surface area contributed by atoms with E-state index in [4.69, 9.17) is 28.9 Å². The number of amides is 1. The Morgan fingerprint density at radius 3 is 2.33 bits per heavy atom. The zero-order valence-corrected chi connectivity index (χ0v) is 13.5. The molecule has 0 bridgehead atoms. The topological polar surface area (TPSA) is 72.9 Å². The Bertz CT molecular complexity index is 686. The number of hydrogen-bond donors (Lipinski definition) is 2. The minimum atomic E-state index is -0.255. The van der Waals surface area contributed by atoms with Crippen LogP contribution in [0.15, 0.2) is 12.1 Å². The highest BCUT2D eigenvalue weighted by Gasteiger charge is 2.14. The van der Waals surface area contributed by atoms with Crippen LogP contribution in [-0.2, 0) is 11.3 Å². The number of anilines is 2. The summed E-state index contributed by atoms with van der Waals surface area (Å²) >= 11 is 12.1. The van der Waals surface area contributed by atoms with Crippen LogP contribution in [0, 0.1) is 20.8 Å². The summed E-state index contributed by atoms with van der Waals surface area (Å²) in [6, 6.07) is 3.08. The van der Waals surface area contributed by atoms with Gasteiger partial charge in [0.05, 0.1) is 21.4 Å². The van der Waals surface area contributed by atoms with Gasteiger partial charge in [0.1, 0.15) is 6.54 Å². The Labute approximate surface area is 133 Å². The largest absolute Gasteiger partial charge is 0.399 e. The lowest BCUT2D eigenvalue weighted by Crippen LogP contribution is -2.20. The maximum Gasteiger partial charge on any atom is 0.246 e. The van der Waals surface area contributed by atoms with Gasteiger partial charge in [-0.15, -0.1) is 0 Å². The molecule has 0 saturated carbocycles. The third-order valence-corrected chi connectivity index (χ3v) is 3.96. The van der Waals surface area contributed by atoms with Crippen LogP contribution >= 0.6 is 23.2 Å². The van der Waals surface area contributed by atoms with E-state index in [1.54, 1.807) is 4.68 Å². The lowest BCUT2D eigenvalue weighted by atomic mass is 10.2. The summed E-state index contributed by atoms with van der Waals surface area (Å²) in [6.07, 6.45) is 0. The molecule has 1 heterocycles. The second kappa shape index (κ2) is 5.95. The van der Waals surface area contributed by atoms with Crippen LogP contribution in [0.2, 0.25) is 10.0 Å². The second-order valence-corrected chi connectivity index (χ2v) is 5.68. The Morgan fingerprint density at radius 1 is 1.29 bits per heavy atom. The molecule has 0 fully saturated rings. The van der Waals surface area contributed by atoms with E-state index in [0.29, 0.717) is 21.4 Å². The Morgan fingerprint density at radius 2 is 1.86 bits per heavy atom. The molecule has 0 aliphatic heterocycles. The van der Waals surface area contributed by atoms with Gasteiger partial charge < -0.3 is 11.1 Å². The first-order valence-corrected chi connectivity index (χ1v) is 7.10. The number of aryl methyl sites for hydroxylation is 1. The minimum absolute atomic E-state index is 0.0948. The number of rotatable bonds is 3. The Balaban J connectivity index is 2.17. The van der Waals surface area contributed by atoms with Crippen molar-refractivity contribution in [2.75, 3.05) is 11.1 Å². The van der Waals surface area contributed by atoms with Crippen LogP contribution in [0.3, 0.4) is 0 Å². The fourth-order valence-corrected chi connectivity index (χ4v) is 2.57. The Hall–Kier alpha value is -1.72. The van der Waals surface area contributed by atoms with Crippen LogP contribution in [0.4, 0.5) is 11.4 Å². The van der Waals surface area contributed by atoms with Gasteiger partial charge in [0, 0.05) is 11.4 Å². The molecule has 3 N–H and O–H groups in total. The number of nitrogens with zero attached hydrogens (tertiary/aromatic N) is 2. The third-order valence-electron chi connectivity index (χ3n) is 3.37. The predicted molar refractivity (Wildman–Crippen MR) is 85.9 cm³/mol. The van der Waals surface area contributed by atoms with Crippen LogP contribution < -0.4 is 11.1 Å². The highest BCUT2D eigenvalue weighted by molar-refractivity contribution is 6.40. The molecule has 5 nitrogen and oxygen atoms in total. The van der Waals surface area contributed by atoms with Crippen molar-refractivity contribution >= 4 is 40.5 Å². The Kier molecular flexibility index (Phi) is 4.44. The van der Waals surface area contributed by atoms with Gasteiger partial charge in [-0.3, -0.25) is 9.48 Å². The van der Waals surface area contributed by atoms with E-state index in [2.05, 4.69) is 10.4 Å². The molecule has 0 unspecified atom stereocenters. The molecule has 2 rings (SSSR count). The van der Waals surface area contributed by atoms with Crippen molar-refractivity contribution in [3.63, 3.8) is 0 Å². The SMILES string of the molecule is Cc1nn(CC(=O)Nc2c(Cl)cc(N)cc2Cl)c(C)c1C. The number of benzene rings is 1. The number of halogens is 2. The van der Waals surface area contributed by atoms with Crippen molar-refractivity contribution < 1.29 is 4.79 Å². The molecular weight excluding hydrogens is 311 g/mol. The molecule has 21 heavy (non-hydrogen) atoms. The molecule has 1 amide bonds. The number of carbonyl (C=O) groups is 1. The zero-order chi connectivity index (χ0) is 15.7. The molecule has 112 valence electrons. The zero-order valence-electron chi connectivity index (χ0n) is 12.0. The van der Waals surface area contributed by atoms with Gasteiger partial charge in [0.15, 0.2) is 0 Å². The molecule has 1 aromatic carbocycles. The van der Waals surface area contributed by atoms with E-state index in [1.807, 2.05) is 20.8 Å². The van der Waals surface area contributed by atoms with Crippen molar-refractivity contribution in [3.05, 3.63) is 39.1 Å². The lowest BCUT2D eigenvalue weighted by molar-refractivity contribution is -0.116. The van der Waals surface area contributed by atoms with Crippen LogP contribution in [0.25, 0.3) is 0 Å². The number of nitrogens with two attached hydrogens (primary N) is 1. The minimum Gasteiger partial charge on any atom is -0.399 e. The number of hydrogen-bond acceptors (Lipinski definition) is 3. The first-order chi connectivity index (χ1) is 9.79. The number of aromatic nitrogens is 2. The van der Waals surface area contributed by atoms with Gasteiger partial charge in [-0.1, -0.05) is 23.2 Å². The lowest BCUT2D eigenvalue weighted by Gasteiger charge is -2.11. The van der Waals surface area contributed by atoms with Crippen molar-refractivity contribution in [2.24, 2.45) is 0 Å². The van der Waals surface area contributed by atoms with Crippen molar-refractivity contribution in [2.45, 2.75) is 27.3 Å². The van der Waals surface area contributed by atoms with Crippen LogP contribution in [-0.4, -0.2) is 15.7 Å². The van der Waals surface area contributed by atoms with Gasteiger partial charge in [0.2, 0.25) is 5.91 Å². The molecule has 7 heteroatoms. The van der Waals surface area contributed by atoms with Crippen LogP contribution in [0.5, 0.6) is 0 Å². The molecule has 0 aliphatic carbocycles. The van der Waals surface area contributed by atoms with Crippen LogP contribution in [0.1, 0.15) is 17.0 Å². The predicted octanol–water partition coefficient (Wildman–Crippen LogP) is 3.34. The first-order valence-electron chi connectivity index (χ1n) is 6.34. The molecule has 0 saturated heterocycles. The molecule has 0 radical (unpaired) electrons. The summed E-state index contributed by atoms with van der Waals surface area (Å²) in [6.45, 7) is 5.90. The quantitative estimate of drug-likeness (QED) is 0.849. The summed E-state index contributed by atoms with van der Waals surface area (Å²) < 4.78 is 1.65. The second-order valence-electron chi connectivity index (χ2n) is 4.86. The van der Waals surface area contributed by atoms with E-state index in [0.717, 1.165) is 17.0 Å². The highest BCUT2D eigenvalue weighted by atomic mass is 35.5. The van der Waals surface area contributed by atoms with Crippen molar-refractivity contribution in [1.29, 1.82) is 0 Å². The molecule has 0 spiro atoms. The standard InChI is InChI=1S/C14H16Cl2N4O/c1-7-8(2)19-20(9(7)3)6-13(21)18-14-11(15)4-10(17)5-12(14)16/h4-5H,6,17H2,1-3H3,(H,18,21). The van der Waals surface area contributed by atoms with Gasteiger partial charge in [-0.25, -0.2) is 0 Å². The van der Waals surface area contributed by atoms with Gasteiger partial charge >= 0.3 is 0 Å². The van der Waals surface area contributed by atoms with Gasteiger partial charge in [0.25, 0.3) is 0 Å². The van der Waals surface area contributed by atoms with E-state index in [-0.39, 0.29) is 12.5 Å². The number of nitrogen functional groups attached to an aromatic ring is 1. The molecule has 2 aromatic rings. The summed E-state index contributed by atoms with van der Waals surface area (Å²) in [4.78, 5) is 12.1. The number of nitrogens with one attached hydrogen (secondary N) is 1. The first kappa shape index (κ1) is 15.7. The van der Waals surface area contributed by atoms with Crippen molar-refractivity contribution in [1.82, 2.24) is 9.78 Å².